The van der Waals surface area contributed by atoms with Crippen LogP contribution in [0.3, 0.4) is 0 Å². The molecule has 0 aliphatic carbocycles. The molecule has 0 bridgehead atoms. The highest BCUT2D eigenvalue weighted by molar-refractivity contribution is 6.32. The van der Waals surface area contributed by atoms with Crippen LogP contribution in [0.2, 0.25) is 5.02 Å². The van der Waals surface area contributed by atoms with Crippen LogP contribution >= 0.6 is 11.6 Å². The fourth-order valence-electron chi connectivity index (χ4n) is 2.04. The van der Waals surface area contributed by atoms with Crippen molar-refractivity contribution in [1.82, 2.24) is 0 Å². The summed E-state index contributed by atoms with van der Waals surface area (Å²) in [7, 11) is 0. The van der Waals surface area contributed by atoms with Crippen molar-refractivity contribution < 1.29 is 14.6 Å². The molecule has 0 fully saturated rings. The molecule has 0 saturated carbocycles. The first-order valence-corrected chi connectivity index (χ1v) is 5.56. The number of hydrogen-bond acceptors (Lipinski definition) is 2. The van der Waals surface area contributed by atoms with Crippen LogP contribution in [0.15, 0.2) is 6.07 Å². The van der Waals surface area contributed by atoms with E-state index in [4.69, 9.17) is 21.4 Å². The third kappa shape index (κ3) is 1.76. The van der Waals surface area contributed by atoms with Gasteiger partial charge in [0.2, 0.25) is 0 Å². The maximum atomic E-state index is 10.8. The summed E-state index contributed by atoms with van der Waals surface area (Å²) in [5, 5.41) is 9.65. The standard InChI is InChI=1S/C12H13ClO3/c1-6-5-10-8(7(2)11(6)13)3-4-9(16-10)12(14)15/h5,9H,3-4H2,1-2H3,(H,14,15). The minimum Gasteiger partial charge on any atom is -0.479 e. The first kappa shape index (κ1) is 11.3. The van der Waals surface area contributed by atoms with Gasteiger partial charge in [-0.05, 0) is 49.4 Å². The molecule has 1 aromatic carbocycles. The van der Waals surface area contributed by atoms with Gasteiger partial charge in [-0.25, -0.2) is 4.79 Å². The first-order chi connectivity index (χ1) is 7.50. The molecule has 0 radical (unpaired) electrons. The maximum Gasteiger partial charge on any atom is 0.344 e. The largest absolute Gasteiger partial charge is 0.479 e. The molecule has 1 aromatic rings. The molecule has 1 aliphatic heterocycles. The molecule has 1 heterocycles. The Morgan fingerprint density at radius 1 is 1.56 bits per heavy atom. The molecule has 1 atom stereocenters. The van der Waals surface area contributed by atoms with Crippen LogP contribution in [0.1, 0.15) is 23.1 Å². The number of fused-ring (bicyclic) bond motifs is 1. The minimum atomic E-state index is -0.907. The van der Waals surface area contributed by atoms with Gasteiger partial charge in [0.15, 0.2) is 6.10 Å². The number of hydrogen-bond donors (Lipinski definition) is 1. The normalized spacial score (nSPS) is 18.8. The lowest BCUT2D eigenvalue weighted by Gasteiger charge is -2.25. The molecule has 0 saturated heterocycles. The molecule has 1 aliphatic rings. The highest BCUT2D eigenvalue weighted by atomic mass is 35.5. The number of ether oxygens (including phenoxy) is 1. The summed E-state index contributed by atoms with van der Waals surface area (Å²) in [6, 6.07) is 1.82. The van der Waals surface area contributed by atoms with E-state index in [2.05, 4.69) is 0 Å². The molecule has 2 rings (SSSR count). The fraction of sp³-hybridized carbons (Fsp3) is 0.417. The molecular weight excluding hydrogens is 228 g/mol. The van der Waals surface area contributed by atoms with Crippen LogP contribution < -0.4 is 4.74 Å². The van der Waals surface area contributed by atoms with Gasteiger partial charge in [0.05, 0.1) is 0 Å². The lowest BCUT2D eigenvalue weighted by atomic mass is 9.96. The van der Waals surface area contributed by atoms with Crippen molar-refractivity contribution in [2.75, 3.05) is 0 Å². The third-order valence-electron chi connectivity index (χ3n) is 2.97. The Labute approximate surface area is 99.0 Å². The van der Waals surface area contributed by atoms with E-state index in [-0.39, 0.29) is 0 Å². The van der Waals surface area contributed by atoms with Gasteiger partial charge < -0.3 is 9.84 Å². The molecule has 3 nitrogen and oxygen atoms in total. The van der Waals surface area contributed by atoms with Crippen molar-refractivity contribution in [1.29, 1.82) is 0 Å². The Morgan fingerprint density at radius 2 is 2.25 bits per heavy atom. The zero-order valence-electron chi connectivity index (χ0n) is 9.21. The van der Waals surface area contributed by atoms with Crippen molar-refractivity contribution in [3.8, 4) is 5.75 Å². The molecule has 16 heavy (non-hydrogen) atoms. The lowest BCUT2D eigenvalue weighted by Crippen LogP contribution is -2.31. The average molecular weight is 241 g/mol. The van der Waals surface area contributed by atoms with Gasteiger partial charge in [-0.3, -0.25) is 0 Å². The monoisotopic (exact) mass is 240 g/mol. The number of rotatable bonds is 1. The molecule has 0 aromatic heterocycles. The topological polar surface area (TPSA) is 46.5 Å². The molecule has 1 unspecified atom stereocenters. The highest BCUT2D eigenvalue weighted by Crippen LogP contribution is 2.36. The van der Waals surface area contributed by atoms with Crippen LogP contribution in [0.4, 0.5) is 0 Å². The molecular formula is C12H13ClO3. The zero-order chi connectivity index (χ0) is 11.9. The fourth-order valence-corrected chi connectivity index (χ4v) is 2.21. The van der Waals surface area contributed by atoms with Crippen LogP contribution in [0.25, 0.3) is 0 Å². The van der Waals surface area contributed by atoms with Gasteiger partial charge in [0.1, 0.15) is 5.75 Å². The lowest BCUT2D eigenvalue weighted by molar-refractivity contribution is -0.145. The summed E-state index contributed by atoms with van der Waals surface area (Å²) in [6.45, 7) is 3.84. The van der Waals surface area contributed by atoms with Gasteiger partial charge in [-0.1, -0.05) is 11.6 Å². The summed E-state index contributed by atoms with van der Waals surface area (Å²) in [6.07, 6.45) is 0.480. The van der Waals surface area contributed by atoms with E-state index >= 15 is 0 Å². The number of halogens is 1. The Morgan fingerprint density at radius 3 is 2.88 bits per heavy atom. The average Bonchev–Trinajstić information content (AvgIpc) is 2.25. The second-order valence-corrected chi connectivity index (χ2v) is 4.47. The number of carboxylic acids is 1. The predicted octanol–water partition coefficient (Wildman–Crippen LogP) is 2.74. The number of carbonyl (C=O) groups is 1. The second kappa shape index (κ2) is 3.98. The van der Waals surface area contributed by atoms with Gasteiger partial charge in [0.25, 0.3) is 0 Å². The molecule has 86 valence electrons. The van der Waals surface area contributed by atoms with Crippen LogP contribution in [-0.2, 0) is 11.2 Å². The number of benzene rings is 1. The molecule has 4 heteroatoms. The molecule has 0 spiro atoms. The molecule has 1 N–H and O–H groups in total. The molecule has 0 amide bonds. The number of aryl methyl sites for hydroxylation is 1. The van der Waals surface area contributed by atoms with E-state index in [1.807, 2.05) is 19.9 Å². The maximum absolute atomic E-state index is 10.8. The smallest absolute Gasteiger partial charge is 0.344 e. The van der Waals surface area contributed by atoms with Crippen molar-refractivity contribution in [2.45, 2.75) is 32.8 Å². The zero-order valence-corrected chi connectivity index (χ0v) is 9.97. The Balaban J connectivity index is 2.44. The van der Waals surface area contributed by atoms with Crippen molar-refractivity contribution >= 4 is 17.6 Å². The van der Waals surface area contributed by atoms with Gasteiger partial charge >= 0.3 is 5.97 Å². The van der Waals surface area contributed by atoms with Crippen LogP contribution in [-0.4, -0.2) is 17.2 Å². The van der Waals surface area contributed by atoms with E-state index in [1.54, 1.807) is 0 Å². The van der Waals surface area contributed by atoms with Crippen molar-refractivity contribution in [2.24, 2.45) is 0 Å². The summed E-state index contributed by atoms with van der Waals surface area (Å²) >= 11 is 6.14. The summed E-state index contributed by atoms with van der Waals surface area (Å²) < 4.78 is 5.45. The SMILES string of the molecule is Cc1cc2c(c(C)c1Cl)CCC(C(=O)O)O2. The minimum absolute atomic E-state index is 0.503. The van der Waals surface area contributed by atoms with Gasteiger partial charge in [-0.15, -0.1) is 0 Å². The number of carboxylic acid groups (broad SMARTS) is 1. The summed E-state index contributed by atoms with van der Waals surface area (Å²) in [5.74, 6) is -0.242. The summed E-state index contributed by atoms with van der Waals surface area (Å²) in [4.78, 5) is 10.8. The van der Waals surface area contributed by atoms with Crippen molar-refractivity contribution in [3.05, 3.63) is 27.8 Å². The van der Waals surface area contributed by atoms with Gasteiger partial charge in [-0.2, -0.15) is 0 Å². The Kier molecular flexibility index (Phi) is 2.80. The Hall–Kier alpha value is -1.22. The summed E-state index contributed by atoms with van der Waals surface area (Å²) in [5.41, 5.74) is 2.96. The third-order valence-corrected chi connectivity index (χ3v) is 3.56. The van der Waals surface area contributed by atoms with Gasteiger partial charge in [0, 0.05) is 5.02 Å². The Bertz CT molecular complexity index is 454. The highest BCUT2D eigenvalue weighted by Gasteiger charge is 2.27. The van der Waals surface area contributed by atoms with E-state index in [0.717, 1.165) is 21.7 Å². The van der Waals surface area contributed by atoms with E-state index in [1.165, 1.54) is 0 Å². The predicted molar refractivity (Wildman–Crippen MR) is 61.3 cm³/mol. The van der Waals surface area contributed by atoms with E-state index < -0.39 is 12.1 Å². The number of aliphatic carboxylic acids is 1. The quantitative estimate of drug-likeness (QED) is 0.821. The van der Waals surface area contributed by atoms with Crippen LogP contribution in [0.5, 0.6) is 5.75 Å². The van der Waals surface area contributed by atoms with Crippen LogP contribution in [0, 0.1) is 13.8 Å². The van der Waals surface area contributed by atoms with Crippen molar-refractivity contribution in [3.63, 3.8) is 0 Å². The van der Waals surface area contributed by atoms with E-state index in [9.17, 15) is 4.79 Å². The second-order valence-electron chi connectivity index (χ2n) is 4.09. The first-order valence-electron chi connectivity index (χ1n) is 5.18. The van der Waals surface area contributed by atoms with E-state index in [0.29, 0.717) is 18.6 Å².